The standard InChI is InChI=1S/C32H3Br15N8/c33-3-1-2-4(12(35)11(3)34)26-48-25(2)49-27-5-6(14(37)20(43)19(42)13(5)36)29(51-27)53-31-9-10(18(41)24(47)23(46)17(9)40)32(55-31)54-30-8-7(28(50-26)52-30)15(38)21(44)22(45)16(8)39/h1H,(H2,48,49,50,51,52,53,54,55). The first-order chi connectivity index (χ1) is 26.0. The van der Waals surface area contributed by atoms with Gasteiger partial charge in [0.2, 0.25) is 0 Å². The average molecular weight is 1700 g/mol. The van der Waals surface area contributed by atoms with Crippen molar-refractivity contribution in [2.45, 2.75) is 0 Å². The Labute approximate surface area is 434 Å². The first-order valence-electron chi connectivity index (χ1n) is 14.6. The largest absolute Gasteiger partial charge is 0.324 e. The Morgan fingerprint density at radius 3 is 0.964 bits per heavy atom. The number of fused-ring (bicyclic) bond motifs is 20. The van der Waals surface area contributed by atoms with Crippen LogP contribution in [0.5, 0.6) is 0 Å². The van der Waals surface area contributed by atoms with Crippen molar-refractivity contribution >= 4 is 283 Å². The molecule has 2 aliphatic rings. The smallest absolute Gasteiger partial charge is 0.165 e. The number of nitrogens with zero attached hydrogens (tertiary/aromatic N) is 6. The van der Waals surface area contributed by atoms with Crippen molar-refractivity contribution in [3.05, 3.63) is 73.2 Å². The van der Waals surface area contributed by atoms with Crippen molar-refractivity contribution in [1.29, 1.82) is 0 Å². The zero-order chi connectivity index (χ0) is 39.3. The van der Waals surface area contributed by atoms with Crippen molar-refractivity contribution < 1.29 is 0 Å². The molecule has 8 nitrogen and oxygen atoms in total. The summed E-state index contributed by atoms with van der Waals surface area (Å²) in [5.41, 5.74) is 4.91. The molecule has 5 heterocycles. The fourth-order valence-electron chi connectivity index (χ4n) is 6.18. The van der Waals surface area contributed by atoms with E-state index in [-0.39, 0.29) is 0 Å². The number of hydrogen-bond acceptors (Lipinski definition) is 6. The molecule has 0 saturated carbocycles. The monoisotopic (exact) mass is 1680 g/mol. The third kappa shape index (κ3) is 6.39. The number of nitrogens with one attached hydrogen (secondary N) is 2. The van der Waals surface area contributed by atoms with Crippen LogP contribution in [-0.2, 0) is 0 Å². The molecule has 0 radical (unpaired) electrons. The summed E-state index contributed by atoms with van der Waals surface area (Å²) in [6, 6.07) is 1.97. The Bertz CT molecular complexity index is 3160. The lowest BCUT2D eigenvalue weighted by Crippen LogP contribution is -1.89. The fourth-order valence-corrected chi connectivity index (χ4v) is 15.3. The van der Waals surface area contributed by atoms with E-state index in [0.717, 1.165) is 111 Å². The highest BCUT2D eigenvalue weighted by molar-refractivity contribution is 9.16. The highest BCUT2D eigenvalue weighted by Gasteiger charge is 2.31. The van der Waals surface area contributed by atoms with Gasteiger partial charge in [-0.2, -0.15) is 0 Å². The zero-order valence-electron chi connectivity index (χ0n) is 25.4. The van der Waals surface area contributed by atoms with Crippen LogP contribution in [0.2, 0.25) is 0 Å². The maximum absolute atomic E-state index is 5.23. The van der Waals surface area contributed by atoms with E-state index in [1.165, 1.54) is 0 Å². The van der Waals surface area contributed by atoms with Crippen molar-refractivity contribution in [2.24, 2.45) is 0 Å². The summed E-state index contributed by atoms with van der Waals surface area (Å²) < 4.78 is 11.5. The zero-order valence-corrected chi connectivity index (χ0v) is 49.2. The number of H-pyrrole nitrogens is 2. The number of rotatable bonds is 0. The number of aromatic amines is 2. The van der Waals surface area contributed by atoms with Gasteiger partial charge in [0.1, 0.15) is 22.6 Å². The molecule has 0 spiro atoms. The minimum absolute atomic E-state index is 0.402. The number of halogens is 15. The maximum Gasteiger partial charge on any atom is 0.165 e. The van der Waals surface area contributed by atoms with E-state index in [9.17, 15) is 0 Å². The van der Waals surface area contributed by atoms with Gasteiger partial charge in [-0.3, -0.25) is 0 Å². The summed E-state index contributed by atoms with van der Waals surface area (Å²) >= 11 is 56.8. The van der Waals surface area contributed by atoms with Crippen LogP contribution in [0, 0.1) is 0 Å². The van der Waals surface area contributed by atoms with E-state index in [1.807, 2.05) is 6.07 Å². The molecule has 276 valence electrons. The summed E-state index contributed by atoms with van der Waals surface area (Å²) in [4.78, 5) is 38.1. The van der Waals surface area contributed by atoms with Crippen molar-refractivity contribution in [3.63, 3.8) is 0 Å². The third-order valence-electron chi connectivity index (χ3n) is 8.59. The SMILES string of the molecule is Brc1cc2c(c(Br)c1Br)-c1nc-2nc2[nH]c(nc3nc(nc4[nH]c(n1)c1c(Br)c(Br)c(Br)c(Br)c41)-c1c(Br)c(Br)c(Br)c(Br)c1-3)c1c(Br)c(Br)c(Br)c(Br)c21. The van der Waals surface area contributed by atoms with Gasteiger partial charge in [-0.1, -0.05) is 0 Å². The van der Waals surface area contributed by atoms with Gasteiger partial charge in [-0.25, -0.2) is 29.9 Å². The van der Waals surface area contributed by atoms with Crippen molar-refractivity contribution in [2.75, 3.05) is 0 Å². The van der Waals surface area contributed by atoms with Gasteiger partial charge in [0.15, 0.2) is 23.3 Å². The quantitative estimate of drug-likeness (QED) is 0.116. The third-order valence-corrected chi connectivity index (χ3v) is 26.2. The molecule has 3 aromatic heterocycles. The van der Waals surface area contributed by atoms with Gasteiger partial charge < -0.3 is 9.97 Å². The Balaban J connectivity index is 1.60. The van der Waals surface area contributed by atoms with E-state index in [1.54, 1.807) is 0 Å². The number of aromatic nitrogens is 8. The van der Waals surface area contributed by atoms with Crippen LogP contribution in [0.4, 0.5) is 0 Å². The summed E-state index contributed by atoms with van der Waals surface area (Å²) in [5, 5.41) is 3.00. The number of benzene rings is 4. The molecule has 0 amide bonds. The Hall–Kier alpha value is 1.44. The minimum atomic E-state index is 0.402. The fraction of sp³-hybridized carbons (Fsp3) is 0. The predicted octanol–water partition coefficient (Wildman–Crippen LogP) is 18.3. The Morgan fingerprint density at radius 1 is 0.291 bits per heavy atom. The molecule has 8 bridgehead atoms. The van der Waals surface area contributed by atoms with E-state index >= 15 is 0 Å². The van der Waals surface area contributed by atoms with Gasteiger partial charge in [-0.05, 0) is 245 Å². The molecule has 2 N–H and O–H groups in total. The molecule has 2 aliphatic heterocycles. The molecule has 4 aromatic carbocycles. The molecule has 0 atom stereocenters. The second-order valence-corrected chi connectivity index (χ2v) is 23.5. The maximum atomic E-state index is 5.23. The minimum Gasteiger partial charge on any atom is -0.324 e. The number of hydrogen-bond donors (Lipinski definition) is 2. The Morgan fingerprint density at radius 2 is 0.582 bits per heavy atom. The van der Waals surface area contributed by atoms with Gasteiger partial charge in [0.05, 0.1) is 0 Å². The highest BCUT2D eigenvalue weighted by Crippen LogP contribution is 2.53. The lowest BCUT2D eigenvalue weighted by atomic mass is 10.1. The predicted molar refractivity (Wildman–Crippen MR) is 272 cm³/mol. The van der Waals surface area contributed by atoms with E-state index in [4.69, 9.17) is 29.9 Å². The summed E-state index contributed by atoms with van der Waals surface area (Å²) in [7, 11) is 0. The lowest BCUT2D eigenvalue weighted by Gasteiger charge is -2.10. The molecule has 0 fully saturated rings. The molecule has 7 aromatic rings. The molecule has 0 unspecified atom stereocenters. The first-order valence-corrected chi connectivity index (χ1v) is 26.5. The van der Waals surface area contributed by atoms with Crippen LogP contribution in [0.3, 0.4) is 0 Å². The van der Waals surface area contributed by atoms with E-state index in [2.05, 4.69) is 249 Å². The second kappa shape index (κ2) is 15.4. The molecular weight excluding hydrogens is 1690 g/mol. The topological polar surface area (TPSA) is 109 Å². The van der Waals surface area contributed by atoms with Crippen molar-refractivity contribution in [1.82, 2.24) is 39.9 Å². The first kappa shape index (κ1) is 41.8. The molecule has 0 saturated heterocycles. The normalized spacial score (nSPS) is 12.3. The van der Waals surface area contributed by atoms with Crippen LogP contribution in [0.1, 0.15) is 0 Å². The molecular formula is C32H3Br15N8. The summed E-state index contributed by atoms with van der Waals surface area (Å²) in [6.45, 7) is 0. The Kier molecular flexibility index (Phi) is 11.7. The average Bonchev–Trinajstić information content (AvgIpc) is 3.89. The van der Waals surface area contributed by atoms with Gasteiger partial charge >= 0.3 is 0 Å². The molecule has 9 rings (SSSR count). The van der Waals surface area contributed by atoms with E-state index in [0.29, 0.717) is 45.9 Å². The van der Waals surface area contributed by atoms with Crippen molar-refractivity contribution in [3.8, 4) is 45.6 Å². The van der Waals surface area contributed by atoms with Crippen LogP contribution in [-0.4, -0.2) is 39.9 Å². The van der Waals surface area contributed by atoms with Gasteiger partial charge in [0.25, 0.3) is 0 Å². The van der Waals surface area contributed by atoms with Crippen LogP contribution >= 0.6 is 239 Å². The van der Waals surface area contributed by atoms with Crippen LogP contribution in [0.25, 0.3) is 89.7 Å². The molecule has 55 heavy (non-hydrogen) atoms. The van der Waals surface area contributed by atoms with E-state index < -0.39 is 0 Å². The summed E-state index contributed by atoms with van der Waals surface area (Å²) in [5.74, 6) is 1.65. The van der Waals surface area contributed by atoms with Gasteiger partial charge in [-0.15, -0.1) is 0 Å². The summed E-state index contributed by atoms with van der Waals surface area (Å²) in [6.07, 6.45) is 0. The molecule has 0 aliphatic carbocycles. The van der Waals surface area contributed by atoms with Crippen LogP contribution < -0.4 is 0 Å². The second-order valence-electron chi connectivity index (χ2n) is 11.5. The van der Waals surface area contributed by atoms with Crippen LogP contribution in [0.15, 0.2) is 73.2 Å². The molecule has 23 heteroatoms. The lowest BCUT2D eigenvalue weighted by molar-refractivity contribution is 1.19. The highest BCUT2D eigenvalue weighted by atomic mass is 79.9. The van der Waals surface area contributed by atoms with Gasteiger partial charge in [0, 0.05) is 111 Å².